The van der Waals surface area contributed by atoms with E-state index < -0.39 is 18.0 Å². The number of likely N-dealkylation sites (tertiary alicyclic amines) is 1. The molecule has 2 N–H and O–H groups in total. The van der Waals surface area contributed by atoms with Crippen molar-refractivity contribution in [1.82, 2.24) is 20.0 Å². The molecule has 0 saturated carbocycles. The van der Waals surface area contributed by atoms with Crippen molar-refractivity contribution in [2.45, 2.75) is 31.0 Å². The number of hydrogen-bond acceptors (Lipinski definition) is 6. The maximum Gasteiger partial charge on any atom is 0.251 e. The number of phenolic OH excluding ortho intramolecular Hbond substituents is 1. The molecule has 2 aliphatic heterocycles. The van der Waals surface area contributed by atoms with Crippen LogP contribution in [-0.2, 0) is 20.7 Å². The van der Waals surface area contributed by atoms with Crippen molar-refractivity contribution in [3.05, 3.63) is 78.1 Å². The molecule has 3 unspecified atom stereocenters. The largest absolute Gasteiger partial charge is 0.508 e. The standard InChI is InChI=1S/C25H24N4O5/c30-19-4-1-3-16(13-19)14-20(25(33)28-12-9-22-23(28)21(31)15-34-22)27-24(32)17-5-7-18(8-6-17)29-11-2-10-26-29/h1-8,10-11,13,20,22-23,30H,9,12,14-15H2,(H,27,32). The third-order valence-corrected chi connectivity index (χ3v) is 6.25. The number of Topliss-reactive ketones (excluding diaryl/α,β-unsaturated/α-hetero) is 1. The first-order valence-electron chi connectivity index (χ1n) is 11.1. The Balaban J connectivity index is 1.37. The molecule has 3 heterocycles. The average Bonchev–Trinajstić information content (AvgIpc) is 3.58. The summed E-state index contributed by atoms with van der Waals surface area (Å²) in [4.78, 5) is 40.5. The SMILES string of the molecule is O=C(NC(Cc1cccc(O)c1)C(=O)N1CCC2OCC(=O)C21)c1ccc(-n2cccn2)cc1. The molecule has 2 aromatic carbocycles. The van der Waals surface area contributed by atoms with Gasteiger partial charge in [0, 0.05) is 30.9 Å². The summed E-state index contributed by atoms with van der Waals surface area (Å²) < 4.78 is 7.19. The minimum Gasteiger partial charge on any atom is -0.508 e. The number of phenols is 1. The molecule has 174 valence electrons. The van der Waals surface area contributed by atoms with Crippen LogP contribution >= 0.6 is 0 Å². The Bertz CT molecular complexity index is 1210. The van der Waals surface area contributed by atoms with Gasteiger partial charge in [0.1, 0.15) is 24.4 Å². The zero-order chi connectivity index (χ0) is 23.7. The molecule has 0 radical (unpaired) electrons. The second-order valence-corrected chi connectivity index (χ2v) is 8.48. The van der Waals surface area contributed by atoms with E-state index in [0.29, 0.717) is 24.1 Å². The highest BCUT2D eigenvalue weighted by Crippen LogP contribution is 2.28. The molecular formula is C25H24N4O5. The van der Waals surface area contributed by atoms with E-state index in [-0.39, 0.29) is 36.6 Å². The van der Waals surface area contributed by atoms with Crippen LogP contribution in [-0.4, -0.2) is 68.7 Å². The molecule has 2 fully saturated rings. The lowest BCUT2D eigenvalue weighted by Crippen LogP contribution is -2.53. The van der Waals surface area contributed by atoms with Crippen molar-refractivity contribution in [1.29, 1.82) is 0 Å². The topological polar surface area (TPSA) is 114 Å². The van der Waals surface area contributed by atoms with Crippen molar-refractivity contribution in [2.75, 3.05) is 13.2 Å². The van der Waals surface area contributed by atoms with Gasteiger partial charge in [-0.15, -0.1) is 0 Å². The quantitative estimate of drug-likeness (QED) is 0.576. The maximum atomic E-state index is 13.5. The van der Waals surface area contributed by atoms with Gasteiger partial charge in [-0.3, -0.25) is 14.4 Å². The van der Waals surface area contributed by atoms with Crippen molar-refractivity contribution in [3.63, 3.8) is 0 Å². The second kappa shape index (κ2) is 9.11. The summed E-state index contributed by atoms with van der Waals surface area (Å²) in [7, 11) is 0. The Morgan fingerprint density at radius 3 is 2.74 bits per heavy atom. The van der Waals surface area contributed by atoms with Crippen molar-refractivity contribution >= 4 is 17.6 Å². The fraction of sp³-hybridized carbons (Fsp3) is 0.280. The third kappa shape index (κ3) is 4.29. The number of amides is 2. The Labute approximate surface area is 195 Å². The van der Waals surface area contributed by atoms with Crippen molar-refractivity contribution in [2.24, 2.45) is 0 Å². The number of aromatic nitrogens is 2. The number of hydrogen-bond donors (Lipinski definition) is 2. The second-order valence-electron chi connectivity index (χ2n) is 8.48. The summed E-state index contributed by atoms with van der Waals surface area (Å²) in [5, 5.41) is 16.9. The van der Waals surface area contributed by atoms with Crippen LogP contribution in [0.4, 0.5) is 0 Å². The Hall–Kier alpha value is -3.98. The Morgan fingerprint density at radius 2 is 2.00 bits per heavy atom. The summed E-state index contributed by atoms with van der Waals surface area (Å²) in [6.07, 6.45) is 3.94. The van der Waals surface area contributed by atoms with Gasteiger partial charge in [-0.25, -0.2) is 4.68 Å². The van der Waals surface area contributed by atoms with Crippen LogP contribution in [0.1, 0.15) is 22.3 Å². The van der Waals surface area contributed by atoms with E-state index in [1.807, 2.05) is 0 Å². The molecule has 2 amide bonds. The number of nitrogens with zero attached hydrogens (tertiary/aromatic N) is 3. The lowest BCUT2D eigenvalue weighted by Gasteiger charge is -2.27. The van der Waals surface area contributed by atoms with Gasteiger partial charge >= 0.3 is 0 Å². The first-order chi connectivity index (χ1) is 16.5. The highest BCUT2D eigenvalue weighted by atomic mass is 16.5. The first-order valence-corrected chi connectivity index (χ1v) is 11.1. The lowest BCUT2D eigenvalue weighted by atomic mass is 10.0. The predicted octanol–water partition coefficient (Wildman–Crippen LogP) is 1.49. The van der Waals surface area contributed by atoms with Crippen LogP contribution in [0.15, 0.2) is 67.0 Å². The minimum absolute atomic E-state index is 0.00526. The summed E-state index contributed by atoms with van der Waals surface area (Å²) in [5.74, 6) is -0.788. The molecule has 0 bridgehead atoms. The lowest BCUT2D eigenvalue weighted by molar-refractivity contribution is -0.138. The molecule has 9 heteroatoms. The molecule has 9 nitrogen and oxygen atoms in total. The molecule has 2 aliphatic rings. The Kier molecular flexibility index (Phi) is 5.85. The highest BCUT2D eigenvalue weighted by Gasteiger charge is 2.48. The number of carbonyl (C=O) groups excluding carboxylic acids is 3. The van der Waals surface area contributed by atoms with E-state index in [2.05, 4.69) is 10.4 Å². The predicted molar refractivity (Wildman–Crippen MR) is 121 cm³/mol. The molecule has 5 rings (SSSR count). The van der Waals surface area contributed by atoms with Gasteiger partial charge in [0.25, 0.3) is 5.91 Å². The summed E-state index contributed by atoms with van der Waals surface area (Å²) in [6.45, 7) is 0.399. The number of nitrogens with one attached hydrogen (secondary N) is 1. The summed E-state index contributed by atoms with van der Waals surface area (Å²) in [5.41, 5.74) is 1.89. The molecule has 3 atom stereocenters. The number of ketones is 1. The van der Waals surface area contributed by atoms with E-state index in [0.717, 1.165) is 5.69 Å². The van der Waals surface area contributed by atoms with Gasteiger partial charge in [-0.05, 0) is 54.4 Å². The number of ether oxygens (including phenoxy) is 1. The zero-order valence-corrected chi connectivity index (χ0v) is 18.3. The highest BCUT2D eigenvalue weighted by molar-refractivity contribution is 5.99. The maximum absolute atomic E-state index is 13.5. The molecule has 1 aromatic heterocycles. The van der Waals surface area contributed by atoms with Crippen LogP contribution in [0.3, 0.4) is 0 Å². The van der Waals surface area contributed by atoms with Crippen LogP contribution in [0.25, 0.3) is 5.69 Å². The van der Waals surface area contributed by atoms with Gasteiger partial charge in [-0.2, -0.15) is 5.10 Å². The Morgan fingerprint density at radius 1 is 1.18 bits per heavy atom. The molecular weight excluding hydrogens is 436 g/mol. The summed E-state index contributed by atoms with van der Waals surface area (Å²) in [6, 6.07) is 13.7. The van der Waals surface area contributed by atoms with Crippen LogP contribution in [0.5, 0.6) is 5.75 Å². The van der Waals surface area contributed by atoms with E-state index in [4.69, 9.17) is 4.74 Å². The smallest absolute Gasteiger partial charge is 0.251 e. The first kappa shape index (κ1) is 21.8. The van der Waals surface area contributed by atoms with Crippen LogP contribution in [0.2, 0.25) is 0 Å². The molecule has 0 aliphatic carbocycles. The van der Waals surface area contributed by atoms with Crippen LogP contribution in [0, 0.1) is 0 Å². The minimum atomic E-state index is -0.910. The monoisotopic (exact) mass is 460 g/mol. The van der Waals surface area contributed by atoms with Gasteiger partial charge in [0.05, 0.1) is 11.8 Å². The van der Waals surface area contributed by atoms with Gasteiger partial charge in [0.15, 0.2) is 5.78 Å². The number of aromatic hydroxyl groups is 1. The number of fused-ring (bicyclic) bond motifs is 1. The molecule has 2 saturated heterocycles. The van der Waals surface area contributed by atoms with Crippen LogP contribution < -0.4 is 5.32 Å². The van der Waals surface area contributed by atoms with E-state index in [1.54, 1.807) is 71.7 Å². The molecule has 3 aromatic rings. The molecule has 34 heavy (non-hydrogen) atoms. The van der Waals surface area contributed by atoms with Crippen molar-refractivity contribution in [3.8, 4) is 11.4 Å². The normalized spacial score (nSPS) is 20.2. The van der Waals surface area contributed by atoms with E-state index in [9.17, 15) is 19.5 Å². The van der Waals surface area contributed by atoms with Gasteiger partial charge in [0.2, 0.25) is 5.91 Å². The van der Waals surface area contributed by atoms with Gasteiger partial charge in [-0.1, -0.05) is 12.1 Å². The molecule has 0 spiro atoms. The average molecular weight is 460 g/mol. The number of carbonyl (C=O) groups is 3. The van der Waals surface area contributed by atoms with E-state index in [1.165, 1.54) is 4.90 Å². The van der Waals surface area contributed by atoms with Crippen molar-refractivity contribution < 1.29 is 24.2 Å². The number of rotatable bonds is 6. The third-order valence-electron chi connectivity index (χ3n) is 6.25. The van der Waals surface area contributed by atoms with E-state index >= 15 is 0 Å². The zero-order valence-electron chi connectivity index (χ0n) is 18.3. The fourth-order valence-corrected chi connectivity index (χ4v) is 4.59. The fourth-order valence-electron chi connectivity index (χ4n) is 4.59. The summed E-state index contributed by atoms with van der Waals surface area (Å²) >= 11 is 0. The number of benzene rings is 2. The van der Waals surface area contributed by atoms with Gasteiger partial charge < -0.3 is 20.1 Å².